The Kier molecular flexibility index (Phi) is 5.69. The molecule has 0 aliphatic heterocycles. The van der Waals surface area contributed by atoms with Gasteiger partial charge in [0.15, 0.2) is 17.5 Å². The summed E-state index contributed by atoms with van der Waals surface area (Å²) < 4.78 is 2.43. The molecule has 7 rings (SSSR count). The van der Waals surface area contributed by atoms with Gasteiger partial charge in [0.1, 0.15) is 0 Å². The summed E-state index contributed by atoms with van der Waals surface area (Å²) in [5, 5.41) is 3.17. The van der Waals surface area contributed by atoms with Crippen LogP contribution in [0.15, 0.2) is 121 Å². The highest BCUT2D eigenvalue weighted by molar-refractivity contribution is 7.26. The summed E-state index contributed by atoms with van der Waals surface area (Å²) in [6, 6.07) is 41.1. The van der Waals surface area contributed by atoms with Crippen LogP contribution >= 0.6 is 22.9 Å². The van der Waals surface area contributed by atoms with Gasteiger partial charge < -0.3 is 0 Å². The number of hydrogen-bond donors (Lipinski definition) is 0. The van der Waals surface area contributed by atoms with Crippen molar-refractivity contribution >= 4 is 43.1 Å². The molecule has 0 aliphatic rings. The number of benzene rings is 5. The molecule has 5 aromatic carbocycles. The van der Waals surface area contributed by atoms with Crippen LogP contribution in [0.3, 0.4) is 0 Å². The average molecular weight is 526 g/mol. The molecule has 2 aromatic heterocycles. The third kappa shape index (κ3) is 4.14. The van der Waals surface area contributed by atoms with E-state index in [9.17, 15) is 0 Å². The van der Waals surface area contributed by atoms with Crippen molar-refractivity contribution in [3.63, 3.8) is 0 Å². The van der Waals surface area contributed by atoms with Crippen LogP contribution < -0.4 is 0 Å². The van der Waals surface area contributed by atoms with Crippen molar-refractivity contribution in [1.29, 1.82) is 0 Å². The third-order valence-corrected chi connectivity index (χ3v) is 8.05. The van der Waals surface area contributed by atoms with Gasteiger partial charge in [0, 0.05) is 41.9 Å². The Morgan fingerprint density at radius 3 is 1.92 bits per heavy atom. The Bertz CT molecular complexity index is 1950. The zero-order chi connectivity index (χ0) is 25.5. The summed E-state index contributed by atoms with van der Waals surface area (Å²) in [7, 11) is 0. The van der Waals surface area contributed by atoms with Gasteiger partial charge in [-0.05, 0) is 41.5 Å². The van der Waals surface area contributed by atoms with Gasteiger partial charge in [-0.1, -0.05) is 103 Å². The van der Waals surface area contributed by atoms with Crippen molar-refractivity contribution in [1.82, 2.24) is 15.0 Å². The number of halogens is 1. The van der Waals surface area contributed by atoms with Gasteiger partial charge in [0.2, 0.25) is 0 Å². The Morgan fingerprint density at radius 2 is 1.08 bits per heavy atom. The number of nitrogens with zero attached hydrogens (tertiary/aromatic N) is 3. The first kappa shape index (κ1) is 22.8. The minimum absolute atomic E-state index is 0.635. The van der Waals surface area contributed by atoms with Crippen LogP contribution in [0.5, 0.6) is 0 Å². The molecule has 0 radical (unpaired) electrons. The van der Waals surface area contributed by atoms with Crippen molar-refractivity contribution in [2.45, 2.75) is 0 Å². The SMILES string of the molecule is Clc1cccc(-c2cccc(-c3nc(-c4ccccc4)nc(-c4cccc5c4sc4ccccc45)n3)c2)c1. The van der Waals surface area contributed by atoms with Gasteiger partial charge in [-0.25, -0.2) is 15.0 Å². The summed E-state index contributed by atoms with van der Waals surface area (Å²) in [5.41, 5.74) is 4.99. The molecule has 38 heavy (non-hydrogen) atoms. The molecule has 0 N–H and O–H groups in total. The first-order chi connectivity index (χ1) is 18.7. The van der Waals surface area contributed by atoms with E-state index in [1.54, 1.807) is 11.3 Å². The number of fused-ring (bicyclic) bond motifs is 3. The van der Waals surface area contributed by atoms with Crippen LogP contribution in [0.25, 0.3) is 65.5 Å². The van der Waals surface area contributed by atoms with E-state index in [-0.39, 0.29) is 0 Å². The summed E-state index contributed by atoms with van der Waals surface area (Å²) in [5.74, 6) is 1.95. The first-order valence-electron chi connectivity index (χ1n) is 12.3. The Hall–Kier alpha value is -4.38. The Labute approximate surface area is 229 Å². The van der Waals surface area contributed by atoms with Gasteiger partial charge in [-0.3, -0.25) is 0 Å². The molecule has 2 heterocycles. The lowest BCUT2D eigenvalue weighted by Gasteiger charge is -2.10. The number of rotatable bonds is 4. The van der Waals surface area contributed by atoms with E-state index in [0.717, 1.165) is 27.8 Å². The van der Waals surface area contributed by atoms with Gasteiger partial charge in [0.25, 0.3) is 0 Å². The molecule has 5 heteroatoms. The van der Waals surface area contributed by atoms with Crippen molar-refractivity contribution < 1.29 is 0 Å². The predicted octanol–water partition coefficient (Wildman–Crippen LogP) is 9.56. The number of thiophene rings is 1. The standard InChI is InChI=1S/C33H20ClN3S/c34-25-14-7-12-23(20-25)22-11-6-13-24(19-22)32-35-31(21-9-2-1-3-10-21)36-33(37-32)28-17-8-16-27-26-15-4-5-18-29(26)38-30(27)28/h1-20H. The second-order valence-corrected chi connectivity index (χ2v) is 10.5. The van der Waals surface area contributed by atoms with E-state index in [1.807, 2.05) is 60.7 Å². The Balaban J connectivity index is 1.45. The predicted molar refractivity (Wildman–Crippen MR) is 159 cm³/mol. The molecule has 0 saturated carbocycles. The molecule has 0 saturated heterocycles. The smallest absolute Gasteiger partial charge is 0.165 e. The lowest BCUT2D eigenvalue weighted by Crippen LogP contribution is -2.00. The van der Waals surface area contributed by atoms with Crippen molar-refractivity contribution in [3.05, 3.63) is 126 Å². The van der Waals surface area contributed by atoms with Crippen molar-refractivity contribution in [3.8, 4) is 45.3 Å². The zero-order valence-electron chi connectivity index (χ0n) is 20.2. The van der Waals surface area contributed by atoms with Crippen LogP contribution in [0, 0.1) is 0 Å². The first-order valence-corrected chi connectivity index (χ1v) is 13.5. The van der Waals surface area contributed by atoms with Crippen LogP contribution in [0.2, 0.25) is 5.02 Å². The van der Waals surface area contributed by atoms with Gasteiger partial charge in [-0.2, -0.15) is 0 Å². The maximum atomic E-state index is 6.27. The van der Waals surface area contributed by atoms with Crippen LogP contribution in [0.1, 0.15) is 0 Å². The molecule has 0 atom stereocenters. The fourth-order valence-corrected chi connectivity index (χ4v) is 6.17. The number of hydrogen-bond acceptors (Lipinski definition) is 4. The maximum Gasteiger partial charge on any atom is 0.165 e. The van der Waals surface area contributed by atoms with E-state index in [1.165, 1.54) is 20.2 Å². The van der Waals surface area contributed by atoms with Gasteiger partial charge in [-0.15, -0.1) is 11.3 Å². The molecule has 0 fully saturated rings. The van der Waals surface area contributed by atoms with Crippen LogP contribution in [0.4, 0.5) is 0 Å². The molecule has 180 valence electrons. The zero-order valence-corrected chi connectivity index (χ0v) is 21.7. The molecule has 7 aromatic rings. The topological polar surface area (TPSA) is 38.7 Å². The highest BCUT2D eigenvalue weighted by Crippen LogP contribution is 2.39. The molecule has 0 aliphatic carbocycles. The van der Waals surface area contributed by atoms with Crippen molar-refractivity contribution in [2.24, 2.45) is 0 Å². The molecular formula is C33H20ClN3S. The largest absolute Gasteiger partial charge is 0.208 e. The number of aromatic nitrogens is 3. The second kappa shape index (κ2) is 9.49. The molecule has 0 spiro atoms. The molecule has 0 amide bonds. The monoisotopic (exact) mass is 525 g/mol. The third-order valence-electron chi connectivity index (χ3n) is 6.59. The van der Waals surface area contributed by atoms with E-state index >= 15 is 0 Å². The van der Waals surface area contributed by atoms with Crippen molar-refractivity contribution in [2.75, 3.05) is 0 Å². The second-order valence-electron chi connectivity index (χ2n) is 9.04. The highest BCUT2D eigenvalue weighted by Gasteiger charge is 2.16. The van der Waals surface area contributed by atoms with E-state index in [2.05, 4.69) is 60.7 Å². The minimum Gasteiger partial charge on any atom is -0.208 e. The maximum absolute atomic E-state index is 6.27. The van der Waals surface area contributed by atoms with Crippen LogP contribution in [-0.4, -0.2) is 15.0 Å². The fourth-order valence-electron chi connectivity index (χ4n) is 4.77. The molecule has 3 nitrogen and oxygen atoms in total. The van der Waals surface area contributed by atoms with E-state index in [0.29, 0.717) is 22.5 Å². The lowest BCUT2D eigenvalue weighted by molar-refractivity contribution is 1.08. The van der Waals surface area contributed by atoms with Gasteiger partial charge in [0.05, 0.1) is 0 Å². The highest BCUT2D eigenvalue weighted by atomic mass is 35.5. The quantitative estimate of drug-likeness (QED) is 0.229. The summed E-state index contributed by atoms with van der Waals surface area (Å²) in [6.07, 6.45) is 0. The van der Waals surface area contributed by atoms with Gasteiger partial charge >= 0.3 is 0 Å². The van der Waals surface area contributed by atoms with Crippen LogP contribution in [-0.2, 0) is 0 Å². The molecular weight excluding hydrogens is 506 g/mol. The summed E-state index contributed by atoms with van der Waals surface area (Å²) >= 11 is 8.05. The normalized spacial score (nSPS) is 11.3. The summed E-state index contributed by atoms with van der Waals surface area (Å²) in [4.78, 5) is 14.9. The minimum atomic E-state index is 0.635. The molecule has 0 unspecified atom stereocenters. The Morgan fingerprint density at radius 1 is 0.474 bits per heavy atom. The molecule has 0 bridgehead atoms. The summed E-state index contributed by atoms with van der Waals surface area (Å²) in [6.45, 7) is 0. The fraction of sp³-hybridized carbons (Fsp3) is 0. The lowest BCUT2D eigenvalue weighted by atomic mass is 10.0. The average Bonchev–Trinajstić information content (AvgIpc) is 3.36. The van der Waals surface area contributed by atoms with E-state index in [4.69, 9.17) is 26.6 Å². The van der Waals surface area contributed by atoms with E-state index < -0.39 is 0 Å².